The lowest BCUT2D eigenvalue weighted by Crippen LogP contribution is -2.33. The van der Waals surface area contributed by atoms with E-state index in [9.17, 15) is 8.42 Å². The second kappa shape index (κ2) is 12.4. The maximum atomic E-state index is 12.1. The van der Waals surface area contributed by atoms with Gasteiger partial charge in [-0.25, -0.2) is 8.42 Å². The summed E-state index contributed by atoms with van der Waals surface area (Å²) in [4.78, 5) is 2.46. The van der Waals surface area contributed by atoms with Crippen LogP contribution in [0.5, 0.6) is 23.0 Å². The number of nitrogens with zero attached hydrogens (tertiary/aromatic N) is 1. The number of thiophene rings is 1. The van der Waals surface area contributed by atoms with Gasteiger partial charge in [0.15, 0.2) is 9.84 Å². The molecule has 0 saturated carbocycles. The lowest BCUT2D eigenvalue weighted by atomic mass is 10.0. The second-order valence-corrected chi connectivity index (χ2v) is 12.4. The van der Waals surface area contributed by atoms with E-state index in [4.69, 9.17) is 14.2 Å². The molecule has 6 nitrogen and oxygen atoms in total. The summed E-state index contributed by atoms with van der Waals surface area (Å²) in [5.74, 6) is 2.90. The van der Waals surface area contributed by atoms with Crippen LogP contribution in [0, 0.1) is 0 Å². The first-order chi connectivity index (χ1) is 17.9. The van der Waals surface area contributed by atoms with Crippen molar-refractivity contribution in [2.24, 2.45) is 0 Å². The van der Waals surface area contributed by atoms with Crippen molar-refractivity contribution in [2.45, 2.75) is 23.5 Å². The Balaban J connectivity index is 0.00000336. The number of benzene rings is 3. The average Bonchev–Trinajstić information content (AvgIpc) is 3.41. The highest BCUT2D eigenvalue weighted by molar-refractivity contribution is 7.92. The van der Waals surface area contributed by atoms with E-state index in [-0.39, 0.29) is 12.4 Å². The van der Waals surface area contributed by atoms with Crippen LogP contribution in [0.4, 0.5) is 0 Å². The Morgan fingerprint density at radius 2 is 1.61 bits per heavy atom. The Hall–Kier alpha value is -2.78. The standard InChI is InChI=1S/C29H31NO5S2.ClH/c1-33-25-11-13-26-21(18-25)6-12-27(22-19-28(36-20-22)37(2,31)32)29(26)35-24-9-7-23(8-10-24)34-17-16-30-14-4-3-5-15-30;/h6-13,18-20H,3-5,14-17H2,1-2H3;1H. The summed E-state index contributed by atoms with van der Waals surface area (Å²) in [5, 5.41) is 3.73. The largest absolute Gasteiger partial charge is 0.497 e. The van der Waals surface area contributed by atoms with Crippen LogP contribution >= 0.6 is 23.7 Å². The van der Waals surface area contributed by atoms with Crippen LogP contribution in [-0.4, -0.2) is 52.9 Å². The van der Waals surface area contributed by atoms with E-state index < -0.39 is 9.84 Å². The van der Waals surface area contributed by atoms with E-state index >= 15 is 0 Å². The Morgan fingerprint density at radius 3 is 2.29 bits per heavy atom. The van der Waals surface area contributed by atoms with Gasteiger partial charge in [0.05, 0.1) is 7.11 Å². The van der Waals surface area contributed by atoms with Crippen LogP contribution in [-0.2, 0) is 9.84 Å². The quantitative estimate of drug-likeness (QED) is 0.213. The van der Waals surface area contributed by atoms with Crippen molar-refractivity contribution in [2.75, 3.05) is 39.6 Å². The third kappa shape index (κ3) is 6.61. The van der Waals surface area contributed by atoms with Gasteiger partial charge in [0.2, 0.25) is 0 Å². The number of fused-ring (bicyclic) bond motifs is 1. The smallest absolute Gasteiger partial charge is 0.184 e. The zero-order valence-electron chi connectivity index (χ0n) is 21.5. The molecule has 0 N–H and O–H groups in total. The predicted molar refractivity (Wildman–Crippen MR) is 156 cm³/mol. The van der Waals surface area contributed by atoms with Gasteiger partial charge in [0, 0.05) is 29.1 Å². The minimum absolute atomic E-state index is 0. The van der Waals surface area contributed by atoms with E-state index in [1.807, 2.05) is 60.0 Å². The van der Waals surface area contributed by atoms with Gasteiger partial charge in [-0.05, 0) is 91.5 Å². The van der Waals surface area contributed by atoms with Gasteiger partial charge in [-0.1, -0.05) is 12.5 Å². The molecule has 1 saturated heterocycles. The van der Waals surface area contributed by atoms with Crippen LogP contribution in [0.1, 0.15) is 19.3 Å². The van der Waals surface area contributed by atoms with Crippen molar-refractivity contribution in [3.63, 3.8) is 0 Å². The first-order valence-corrected chi connectivity index (χ1v) is 15.2. The molecule has 0 radical (unpaired) electrons. The minimum Gasteiger partial charge on any atom is -0.497 e. The summed E-state index contributed by atoms with van der Waals surface area (Å²) in [6, 6.07) is 19.1. The molecular formula is C29H32ClNO5S2. The predicted octanol–water partition coefficient (Wildman–Crippen LogP) is 7.06. The van der Waals surface area contributed by atoms with Crippen LogP contribution < -0.4 is 14.2 Å². The van der Waals surface area contributed by atoms with E-state index in [0.717, 1.165) is 53.0 Å². The fraction of sp³-hybridized carbons (Fsp3) is 0.310. The van der Waals surface area contributed by atoms with Crippen molar-refractivity contribution < 1.29 is 22.6 Å². The number of ether oxygens (including phenoxy) is 3. The molecule has 4 aromatic rings. The molecule has 2 heterocycles. The molecule has 5 rings (SSSR count). The molecule has 0 amide bonds. The molecule has 38 heavy (non-hydrogen) atoms. The number of rotatable bonds is 9. The van der Waals surface area contributed by atoms with E-state index in [1.165, 1.54) is 36.9 Å². The first kappa shape index (κ1) is 28.2. The van der Waals surface area contributed by atoms with Crippen LogP contribution in [0.3, 0.4) is 0 Å². The molecule has 0 unspecified atom stereocenters. The van der Waals surface area contributed by atoms with E-state index in [2.05, 4.69) is 4.90 Å². The summed E-state index contributed by atoms with van der Waals surface area (Å²) in [6.07, 6.45) is 5.10. The van der Waals surface area contributed by atoms with Crippen molar-refractivity contribution in [1.82, 2.24) is 4.90 Å². The lowest BCUT2D eigenvalue weighted by molar-refractivity contribution is 0.183. The molecule has 1 fully saturated rings. The van der Waals surface area contributed by atoms with E-state index in [1.54, 1.807) is 13.2 Å². The zero-order chi connectivity index (χ0) is 25.8. The topological polar surface area (TPSA) is 65.1 Å². The van der Waals surface area contributed by atoms with E-state index in [0.29, 0.717) is 22.3 Å². The minimum atomic E-state index is -3.29. The summed E-state index contributed by atoms with van der Waals surface area (Å²) in [6.45, 7) is 3.92. The van der Waals surface area contributed by atoms with Crippen molar-refractivity contribution in [3.8, 4) is 34.1 Å². The molecule has 0 aliphatic carbocycles. The Morgan fingerprint density at radius 1 is 0.895 bits per heavy atom. The van der Waals surface area contributed by atoms with Gasteiger partial charge in [-0.15, -0.1) is 23.7 Å². The first-order valence-electron chi connectivity index (χ1n) is 12.4. The number of likely N-dealkylation sites (tertiary alicyclic amines) is 1. The maximum absolute atomic E-state index is 12.1. The van der Waals surface area contributed by atoms with Gasteiger partial charge < -0.3 is 14.2 Å². The summed E-state index contributed by atoms with van der Waals surface area (Å²) in [5.41, 5.74) is 1.63. The maximum Gasteiger partial charge on any atom is 0.184 e. The van der Waals surface area contributed by atoms with Crippen molar-refractivity contribution in [3.05, 3.63) is 66.0 Å². The highest BCUT2D eigenvalue weighted by atomic mass is 35.5. The van der Waals surface area contributed by atoms with Crippen LogP contribution in [0.25, 0.3) is 21.9 Å². The number of sulfone groups is 1. The zero-order valence-corrected chi connectivity index (χ0v) is 24.0. The molecule has 1 aromatic heterocycles. The average molecular weight is 574 g/mol. The highest BCUT2D eigenvalue weighted by Gasteiger charge is 2.17. The van der Waals surface area contributed by atoms with Gasteiger partial charge in [0.25, 0.3) is 0 Å². The number of hydrogen-bond donors (Lipinski definition) is 0. The molecule has 0 atom stereocenters. The molecule has 0 bridgehead atoms. The number of methoxy groups -OCH3 is 1. The fourth-order valence-corrected chi connectivity index (χ4v) is 6.41. The molecule has 9 heteroatoms. The number of hydrogen-bond acceptors (Lipinski definition) is 7. The monoisotopic (exact) mass is 573 g/mol. The SMILES string of the molecule is COc1ccc2c(Oc3ccc(OCCN4CCCCC4)cc3)c(-c3csc(S(C)(=O)=O)c3)ccc2c1.Cl. The summed E-state index contributed by atoms with van der Waals surface area (Å²) in [7, 11) is -1.65. The Labute approximate surface area is 234 Å². The Kier molecular flexibility index (Phi) is 9.20. The highest BCUT2D eigenvalue weighted by Crippen LogP contribution is 2.42. The molecule has 0 spiro atoms. The van der Waals surface area contributed by atoms with Crippen LogP contribution in [0.15, 0.2) is 70.3 Å². The number of piperidine rings is 1. The number of halogens is 1. The Bertz CT molecular complexity index is 1480. The normalized spacial score (nSPS) is 14.2. The van der Waals surface area contributed by atoms with Gasteiger partial charge in [-0.2, -0.15) is 0 Å². The third-order valence-electron chi connectivity index (χ3n) is 6.60. The summed E-state index contributed by atoms with van der Waals surface area (Å²) < 4.78 is 42.3. The fourth-order valence-electron chi connectivity index (χ4n) is 4.59. The van der Waals surface area contributed by atoms with Crippen molar-refractivity contribution in [1.29, 1.82) is 0 Å². The van der Waals surface area contributed by atoms with Gasteiger partial charge >= 0.3 is 0 Å². The summed E-state index contributed by atoms with van der Waals surface area (Å²) >= 11 is 1.21. The molecule has 1 aliphatic rings. The molecule has 202 valence electrons. The molecule has 3 aromatic carbocycles. The lowest BCUT2D eigenvalue weighted by Gasteiger charge is -2.26. The third-order valence-corrected chi connectivity index (χ3v) is 9.37. The van der Waals surface area contributed by atoms with Gasteiger partial charge in [0.1, 0.15) is 33.8 Å². The molecular weight excluding hydrogens is 542 g/mol. The van der Waals surface area contributed by atoms with Crippen molar-refractivity contribution >= 4 is 44.4 Å². The second-order valence-electron chi connectivity index (χ2n) is 9.28. The molecule has 1 aliphatic heterocycles. The van der Waals surface area contributed by atoms with Gasteiger partial charge in [-0.3, -0.25) is 4.90 Å². The van der Waals surface area contributed by atoms with Crippen LogP contribution in [0.2, 0.25) is 0 Å².